The molecular formula is C16H24N2O4S. The van der Waals surface area contributed by atoms with Gasteiger partial charge in [0.05, 0.1) is 19.8 Å². The zero-order valence-electron chi connectivity index (χ0n) is 13.8. The van der Waals surface area contributed by atoms with Crippen LogP contribution in [0.25, 0.3) is 0 Å². The van der Waals surface area contributed by atoms with Crippen molar-refractivity contribution in [1.82, 2.24) is 10.2 Å². The van der Waals surface area contributed by atoms with E-state index in [1.54, 1.807) is 18.3 Å². The second-order valence-corrected chi connectivity index (χ2v) is 7.04. The number of hydrogen-bond donors (Lipinski definition) is 1. The van der Waals surface area contributed by atoms with Crippen LogP contribution in [0.4, 0.5) is 0 Å². The van der Waals surface area contributed by atoms with Crippen LogP contribution in [0.3, 0.4) is 0 Å². The van der Waals surface area contributed by atoms with Crippen molar-refractivity contribution in [3.63, 3.8) is 0 Å². The molecule has 0 aromatic carbocycles. The molecule has 1 aliphatic heterocycles. The third kappa shape index (κ3) is 4.76. The van der Waals surface area contributed by atoms with Gasteiger partial charge in [-0.2, -0.15) is 0 Å². The Bertz CT molecular complexity index is 524. The quantitative estimate of drug-likeness (QED) is 0.793. The van der Waals surface area contributed by atoms with Gasteiger partial charge in [0.1, 0.15) is 5.54 Å². The molecule has 0 unspecified atom stereocenters. The highest BCUT2D eigenvalue weighted by molar-refractivity contribution is 7.09. The summed E-state index contributed by atoms with van der Waals surface area (Å²) in [7, 11) is 0. The van der Waals surface area contributed by atoms with Crippen molar-refractivity contribution in [2.24, 2.45) is 0 Å². The zero-order chi connectivity index (χ0) is 16.9. The number of nitrogens with zero attached hydrogens (tertiary/aromatic N) is 1. The average molecular weight is 340 g/mol. The summed E-state index contributed by atoms with van der Waals surface area (Å²) < 4.78 is 10.7. The second-order valence-electron chi connectivity index (χ2n) is 6.00. The van der Waals surface area contributed by atoms with Crippen LogP contribution in [0.5, 0.6) is 0 Å². The number of nitrogens with one attached hydrogen (secondary N) is 1. The summed E-state index contributed by atoms with van der Waals surface area (Å²) in [4.78, 5) is 27.6. The molecule has 1 aromatic rings. The number of rotatable bonds is 6. The summed E-state index contributed by atoms with van der Waals surface area (Å²) in [5.74, 6) is -0.678. The number of ether oxygens (including phenoxy) is 2. The minimum absolute atomic E-state index is 0.287. The lowest BCUT2D eigenvalue weighted by Crippen LogP contribution is -2.56. The number of carbonyl (C=O) groups excluding carboxylic acids is 2. The van der Waals surface area contributed by atoms with E-state index in [1.165, 1.54) is 0 Å². The van der Waals surface area contributed by atoms with Crippen LogP contribution >= 0.6 is 11.3 Å². The Morgan fingerprint density at radius 2 is 2.13 bits per heavy atom. The van der Waals surface area contributed by atoms with Crippen molar-refractivity contribution >= 4 is 23.2 Å². The van der Waals surface area contributed by atoms with Crippen molar-refractivity contribution in [2.45, 2.75) is 39.0 Å². The number of amides is 1. The summed E-state index contributed by atoms with van der Waals surface area (Å²) in [5.41, 5.74) is -0.772. The topological polar surface area (TPSA) is 67.9 Å². The maximum absolute atomic E-state index is 12.4. The lowest BCUT2D eigenvalue weighted by molar-refractivity contribution is -0.167. The molecule has 7 heteroatoms. The molecular weight excluding hydrogens is 316 g/mol. The Kier molecular flexibility index (Phi) is 6.15. The normalized spacial score (nSPS) is 17.5. The Hall–Kier alpha value is -1.44. The lowest BCUT2D eigenvalue weighted by atomic mass is 10.0. The molecule has 1 amide bonds. The first-order valence-corrected chi connectivity index (χ1v) is 8.63. The van der Waals surface area contributed by atoms with Crippen LogP contribution in [0.2, 0.25) is 0 Å². The minimum atomic E-state index is -0.817. The highest BCUT2D eigenvalue weighted by Gasteiger charge is 2.38. The molecule has 1 atom stereocenters. The molecule has 1 saturated heterocycles. The van der Waals surface area contributed by atoms with Crippen molar-refractivity contribution in [1.29, 1.82) is 0 Å². The lowest BCUT2D eigenvalue weighted by Gasteiger charge is -2.39. The Morgan fingerprint density at radius 3 is 2.74 bits per heavy atom. The van der Waals surface area contributed by atoms with E-state index in [0.29, 0.717) is 32.8 Å². The van der Waals surface area contributed by atoms with Crippen LogP contribution in [-0.2, 0) is 25.6 Å². The van der Waals surface area contributed by atoms with Gasteiger partial charge in [0.2, 0.25) is 0 Å². The van der Waals surface area contributed by atoms with Crippen LogP contribution < -0.4 is 5.32 Å². The van der Waals surface area contributed by atoms with E-state index in [1.807, 2.05) is 36.3 Å². The van der Waals surface area contributed by atoms with Gasteiger partial charge in [-0.25, -0.2) is 0 Å². The smallest absolute Gasteiger partial charge is 0.326 e. The summed E-state index contributed by atoms with van der Waals surface area (Å²) >= 11 is 1.57. The minimum Gasteiger partial charge on any atom is -0.451 e. The molecule has 2 heterocycles. The Labute approximate surface area is 140 Å². The van der Waals surface area contributed by atoms with Gasteiger partial charge in [0.15, 0.2) is 6.10 Å². The second kappa shape index (κ2) is 7.90. The van der Waals surface area contributed by atoms with Crippen molar-refractivity contribution in [3.8, 4) is 0 Å². The summed E-state index contributed by atoms with van der Waals surface area (Å²) in [6.07, 6.45) is -0.817. The van der Waals surface area contributed by atoms with Gasteiger partial charge in [-0.3, -0.25) is 14.5 Å². The first kappa shape index (κ1) is 17.9. The van der Waals surface area contributed by atoms with E-state index >= 15 is 0 Å². The Morgan fingerprint density at radius 1 is 1.43 bits per heavy atom. The molecule has 1 fully saturated rings. The van der Waals surface area contributed by atoms with Crippen LogP contribution in [-0.4, -0.2) is 54.7 Å². The van der Waals surface area contributed by atoms with Gasteiger partial charge in [0, 0.05) is 18.0 Å². The highest BCUT2D eigenvalue weighted by Crippen LogP contribution is 2.19. The number of thiophene rings is 1. The average Bonchev–Trinajstić information content (AvgIpc) is 3.06. The molecule has 6 nitrogen and oxygen atoms in total. The van der Waals surface area contributed by atoms with Crippen molar-refractivity contribution in [3.05, 3.63) is 22.4 Å². The first-order valence-electron chi connectivity index (χ1n) is 7.75. The van der Waals surface area contributed by atoms with E-state index in [9.17, 15) is 9.59 Å². The molecule has 0 radical (unpaired) electrons. The Balaban J connectivity index is 1.83. The van der Waals surface area contributed by atoms with Gasteiger partial charge >= 0.3 is 5.97 Å². The fourth-order valence-electron chi connectivity index (χ4n) is 2.34. The van der Waals surface area contributed by atoms with E-state index < -0.39 is 17.6 Å². The van der Waals surface area contributed by atoms with E-state index in [2.05, 4.69) is 5.32 Å². The summed E-state index contributed by atoms with van der Waals surface area (Å²) in [5, 5.41) is 4.74. The fraction of sp³-hybridized carbons (Fsp3) is 0.625. The fourth-order valence-corrected chi connectivity index (χ4v) is 2.99. The van der Waals surface area contributed by atoms with Crippen LogP contribution in [0, 0.1) is 0 Å². The predicted octanol–water partition coefficient (Wildman–Crippen LogP) is 1.41. The van der Waals surface area contributed by atoms with E-state index in [4.69, 9.17) is 9.47 Å². The molecule has 1 aliphatic rings. The summed E-state index contributed by atoms with van der Waals surface area (Å²) in [6, 6.07) is 3.88. The maximum atomic E-state index is 12.4. The van der Waals surface area contributed by atoms with Crippen molar-refractivity contribution < 1.29 is 19.1 Å². The molecule has 0 aliphatic carbocycles. The molecule has 0 spiro atoms. The standard InChI is InChI=1S/C16H24N2O4S/c1-12(14(19)17-11-13-5-4-10-23-13)22-15(20)16(2,3)18-6-8-21-9-7-18/h4-5,10,12H,6-9,11H2,1-3H3,(H,17,19)/t12-/m1/s1. The molecule has 0 saturated carbocycles. The van der Waals surface area contributed by atoms with Crippen LogP contribution in [0.1, 0.15) is 25.6 Å². The number of esters is 1. The first-order chi connectivity index (χ1) is 10.9. The third-order valence-electron chi connectivity index (χ3n) is 3.97. The monoisotopic (exact) mass is 340 g/mol. The van der Waals surface area contributed by atoms with Gasteiger partial charge < -0.3 is 14.8 Å². The van der Waals surface area contributed by atoms with Gasteiger partial charge in [-0.1, -0.05) is 6.07 Å². The zero-order valence-corrected chi connectivity index (χ0v) is 14.6. The van der Waals surface area contributed by atoms with Crippen LogP contribution in [0.15, 0.2) is 17.5 Å². The SMILES string of the molecule is C[C@@H](OC(=O)C(C)(C)N1CCOCC1)C(=O)NCc1cccs1. The highest BCUT2D eigenvalue weighted by atomic mass is 32.1. The molecule has 23 heavy (non-hydrogen) atoms. The number of morpholine rings is 1. The van der Waals surface area contributed by atoms with Gasteiger partial charge in [0.25, 0.3) is 5.91 Å². The maximum Gasteiger partial charge on any atom is 0.326 e. The van der Waals surface area contributed by atoms with Gasteiger partial charge in [-0.15, -0.1) is 11.3 Å². The van der Waals surface area contributed by atoms with E-state index in [-0.39, 0.29) is 5.91 Å². The molecule has 128 valence electrons. The molecule has 1 N–H and O–H groups in total. The summed E-state index contributed by atoms with van der Waals surface area (Å²) in [6.45, 7) is 8.25. The molecule has 0 bridgehead atoms. The van der Waals surface area contributed by atoms with Crippen molar-refractivity contribution in [2.75, 3.05) is 26.3 Å². The molecule has 1 aromatic heterocycles. The van der Waals surface area contributed by atoms with E-state index in [0.717, 1.165) is 4.88 Å². The number of carbonyl (C=O) groups is 2. The van der Waals surface area contributed by atoms with Gasteiger partial charge in [-0.05, 0) is 32.2 Å². The molecule has 2 rings (SSSR count). The largest absolute Gasteiger partial charge is 0.451 e. The number of hydrogen-bond acceptors (Lipinski definition) is 6. The third-order valence-corrected chi connectivity index (χ3v) is 4.85. The predicted molar refractivity (Wildman–Crippen MR) is 88.2 cm³/mol.